The van der Waals surface area contributed by atoms with Crippen molar-refractivity contribution in [3.63, 3.8) is 0 Å². The molecule has 0 N–H and O–H groups in total. The summed E-state index contributed by atoms with van der Waals surface area (Å²) in [7, 11) is 0. The number of aromatic nitrogens is 3. The maximum atomic E-state index is 13.0. The summed E-state index contributed by atoms with van der Waals surface area (Å²) in [5.74, 6) is -0.116. The summed E-state index contributed by atoms with van der Waals surface area (Å²) in [5.41, 5.74) is 3.94. The number of hydrogen-bond donors (Lipinski definition) is 0. The zero-order chi connectivity index (χ0) is 18.1. The number of hydrogen-bond acceptors (Lipinski definition) is 6. The molecule has 0 saturated heterocycles. The van der Waals surface area contributed by atoms with Crippen molar-refractivity contribution in [1.82, 2.24) is 15.1 Å². The maximum absolute atomic E-state index is 13.0. The summed E-state index contributed by atoms with van der Waals surface area (Å²) in [6.07, 6.45) is 3.16. The van der Waals surface area contributed by atoms with Crippen LogP contribution in [-0.2, 0) is 6.54 Å². The molecule has 3 aromatic heterocycles. The van der Waals surface area contributed by atoms with Crippen LogP contribution in [0.2, 0.25) is 0 Å². The Bertz CT molecular complexity index is 1060. The van der Waals surface area contributed by atoms with Gasteiger partial charge < -0.3 is 4.52 Å². The van der Waals surface area contributed by atoms with Crippen molar-refractivity contribution >= 4 is 32.6 Å². The largest absolute Gasteiger partial charge is 0.351 e. The highest BCUT2D eigenvalue weighted by molar-refractivity contribution is 7.22. The number of aryl methyl sites for hydroxylation is 2. The summed E-state index contributed by atoms with van der Waals surface area (Å²) in [4.78, 5) is 23.6. The molecule has 0 atom stereocenters. The van der Waals surface area contributed by atoms with Crippen molar-refractivity contribution in [3.05, 3.63) is 71.4 Å². The third-order valence-electron chi connectivity index (χ3n) is 3.99. The van der Waals surface area contributed by atoms with Gasteiger partial charge in [-0.25, -0.2) is 4.98 Å². The molecule has 26 heavy (non-hydrogen) atoms. The molecule has 0 unspecified atom stereocenters. The van der Waals surface area contributed by atoms with Crippen LogP contribution in [0.25, 0.3) is 10.2 Å². The lowest BCUT2D eigenvalue weighted by molar-refractivity contribution is 0.0949. The molecule has 7 heteroatoms. The van der Waals surface area contributed by atoms with Crippen molar-refractivity contribution in [2.24, 2.45) is 0 Å². The number of nitrogens with zero attached hydrogens (tertiary/aromatic N) is 4. The lowest BCUT2D eigenvalue weighted by atomic mass is 10.1. The van der Waals surface area contributed by atoms with Gasteiger partial charge in [-0.3, -0.25) is 14.7 Å². The van der Waals surface area contributed by atoms with E-state index in [4.69, 9.17) is 9.51 Å². The van der Waals surface area contributed by atoms with Gasteiger partial charge in [0.1, 0.15) is 0 Å². The summed E-state index contributed by atoms with van der Waals surface area (Å²) in [6, 6.07) is 11.3. The second kappa shape index (κ2) is 6.68. The Kier molecular flexibility index (Phi) is 4.22. The van der Waals surface area contributed by atoms with Crippen LogP contribution < -0.4 is 4.90 Å². The molecule has 0 radical (unpaired) electrons. The maximum Gasteiger partial charge on any atom is 0.299 e. The molecule has 0 aliphatic carbocycles. The first-order valence-corrected chi connectivity index (χ1v) is 8.94. The SMILES string of the molecule is Cc1cc(C)c2nc(N(Cc3ccccn3)C(=O)c3ccno3)sc2c1. The van der Waals surface area contributed by atoms with E-state index in [-0.39, 0.29) is 11.7 Å². The van der Waals surface area contributed by atoms with E-state index in [9.17, 15) is 4.79 Å². The monoisotopic (exact) mass is 364 g/mol. The number of carbonyl (C=O) groups excluding carboxylic acids is 1. The second-order valence-corrected chi connectivity index (χ2v) is 7.02. The van der Waals surface area contributed by atoms with E-state index >= 15 is 0 Å². The number of benzene rings is 1. The zero-order valence-electron chi connectivity index (χ0n) is 14.3. The van der Waals surface area contributed by atoms with Gasteiger partial charge in [-0.05, 0) is 43.2 Å². The molecule has 4 rings (SSSR count). The Morgan fingerprint density at radius 3 is 2.81 bits per heavy atom. The smallest absolute Gasteiger partial charge is 0.299 e. The molecule has 0 aliphatic heterocycles. The van der Waals surface area contributed by atoms with Gasteiger partial charge in [-0.2, -0.15) is 0 Å². The normalized spacial score (nSPS) is 11.0. The fourth-order valence-electron chi connectivity index (χ4n) is 2.81. The minimum atomic E-state index is -0.290. The molecule has 0 spiro atoms. The number of carbonyl (C=O) groups is 1. The van der Waals surface area contributed by atoms with Gasteiger partial charge in [0.05, 0.1) is 28.7 Å². The summed E-state index contributed by atoms with van der Waals surface area (Å²) in [5, 5.41) is 4.25. The average Bonchev–Trinajstić information content (AvgIpc) is 3.29. The molecule has 0 saturated carbocycles. The molecule has 130 valence electrons. The van der Waals surface area contributed by atoms with Gasteiger partial charge in [0.2, 0.25) is 5.76 Å². The number of amides is 1. The lowest BCUT2D eigenvalue weighted by Gasteiger charge is -2.17. The van der Waals surface area contributed by atoms with E-state index in [1.165, 1.54) is 23.1 Å². The summed E-state index contributed by atoms with van der Waals surface area (Å²) in [6.45, 7) is 4.38. The Morgan fingerprint density at radius 2 is 2.08 bits per heavy atom. The number of thiazole rings is 1. The van der Waals surface area contributed by atoms with Crippen LogP contribution >= 0.6 is 11.3 Å². The molecule has 4 aromatic rings. The minimum absolute atomic E-state index is 0.174. The molecule has 1 amide bonds. The first kappa shape index (κ1) is 16.4. The van der Waals surface area contributed by atoms with E-state index in [0.29, 0.717) is 11.7 Å². The summed E-state index contributed by atoms with van der Waals surface area (Å²) < 4.78 is 6.12. The number of anilines is 1. The molecular weight excluding hydrogens is 348 g/mol. The minimum Gasteiger partial charge on any atom is -0.351 e. The van der Waals surface area contributed by atoms with Crippen LogP contribution in [0.15, 0.2) is 53.3 Å². The number of fused-ring (bicyclic) bond motifs is 1. The van der Waals surface area contributed by atoms with Crippen LogP contribution in [0, 0.1) is 13.8 Å². The standard InChI is InChI=1S/C19H16N4O2S/c1-12-9-13(2)17-16(10-12)26-19(22-17)23(11-14-5-3-4-7-20-14)18(24)15-6-8-21-25-15/h3-10H,11H2,1-2H3. The van der Waals surface area contributed by atoms with Crippen molar-refractivity contribution in [3.8, 4) is 0 Å². The third-order valence-corrected chi connectivity index (χ3v) is 5.01. The van der Waals surface area contributed by atoms with Crippen molar-refractivity contribution < 1.29 is 9.32 Å². The molecule has 0 fully saturated rings. The third kappa shape index (κ3) is 3.09. The molecule has 6 nitrogen and oxygen atoms in total. The fourth-order valence-corrected chi connectivity index (χ4v) is 3.95. The van der Waals surface area contributed by atoms with E-state index in [1.54, 1.807) is 17.2 Å². The van der Waals surface area contributed by atoms with Gasteiger partial charge in [0.25, 0.3) is 5.91 Å². The predicted octanol–water partition coefficient (Wildman–Crippen LogP) is 4.14. The van der Waals surface area contributed by atoms with Crippen molar-refractivity contribution in [2.45, 2.75) is 20.4 Å². The first-order chi connectivity index (χ1) is 12.6. The average molecular weight is 364 g/mol. The van der Waals surface area contributed by atoms with E-state index in [1.807, 2.05) is 25.1 Å². The van der Waals surface area contributed by atoms with Crippen LogP contribution in [0.1, 0.15) is 27.4 Å². The van der Waals surface area contributed by atoms with E-state index in [2.05, 4.69) is 29.2 Å². The fraction of sp³-hybridized carbons (Fsp3) is 0.158. The first-order valence-electron chi connectivity index (χ1n) is 8.12. The quantitative estimate of drug-likeness (QED) is 0.544. The van der Waals surface area contributed by atoms with Gasteiger partial charge in [-0.1, -0.05) is 28.6 Å². The van der Waals surface area contributed by atoms with Crippen molar-refractivity contribution in [1.29, 1.82) is 0 Å². The van der Waals surface area contributed by atoms with Crippen LogP contribution in [-0.4, -0.2) is 21.0 Å². The van der Waals surface area contributed by atoms with Gasteiger partial charge >= 0.3 is 0 Å². The van der Waals surface area contributed by atoms with E-state index < -0.39 is 0 Å². The molecule has 1 aromatic carbocycles. The molecule has 3 heterocycles. The number of pyridine rings is 1. The van der Waals surface area contributed by atoms with Crippen LogP contribution in [0.5, 0.6) is 0 Å². The Hall–Kier alpha value is -3.06. The van der Waals surface area contributed by atoms with Gasteiger partial charge in [-0.15, -0.1) is 0 Å². The van der Waals surface area contributed by atoms with E-state index in [0.717, 1.165) is 21.5 Å². The van der Waals surface area contributed by atoms with Crippen LogP contribution in [0.4, 0.5) is 5.13 Å². The molecule has 0 aliphatic rings. The van der Waals surface area contributed by atoms with Crippen LogP contribution in [0.3, 0.4) is 0 Å². The lowest BCUT2D eigenvalue weighted by Crippen LogP contribution is -2.30. The van der Waals surface area contributed by atoms with Gasteiger partial charge in [0.15, 0.2) is 5.13 Å². The summed E-state index contributed by atoms with van der Waals surface area (Å²) >= 11 is 1.48. The number of rotatable bonds is 4. The molecule has 0 bridgehead atoms. The predicted molar refractivity (Wildman–Crippen MR) is 100 cm³/mol. The Balaban J connectivity index is 1.79. The zero-order valence-corrected chi connectivity index (χ0v) is 15.2. The highest BCUT2D eigenvalue weighted by atomic mass is 32.1. The van der Waals surface area contributed by atoms with Crippen molar-refractivity contribution in [2.75, 3.05) is 4.90 Å². The Labute approximate surface area is 154 Å². The highest BCUT2D eigenvalue weighted by Crippen LogP contribution is 2.33. The highest BCUT2D eigenvalue weighted by Gasteiger charge is 2.25. The second-order valence-electron chi connectivity index (χ2n) is 6.01. The van der Waals surface area contributed by atoms with Gasteiger partial charge in [0, 0.05) is 12.3 Å². The Morgan fingerprint density at radius 1 is 1.19 bits per heavy atom. The topological polar surface area (TPSA) is 72.1 Å². The molecular formula is C19H16N4O2S.